The fraction of sp³-hybridized carbons (Fsp3) is 0.280. The first-order valence-corrected chi connectivity index (χ1v) is 10.8. The van der Waals surface area contributed by atoms with Gasteiger partial charge in [-0.15, -0.1) is 0 Å². The molecule has 0 saturated carbocycles. The van der Waals surface area contributed by atoms with Crippen LogP contribution in [0.25, 0.3) is 0 Å². The lowest BCUT2D eigenvalue weighted by Crippen LogP contribution is -2.33. The van der Waals surface area contributed by atoms with Crippen molar-refractivity contribution in [1.82, 2.24) is 0 Å². The maximum absolute atomic E-state index is 12.8. The number of carbonyl (C=O) groups excluding carboxylic acids is 4. The van der Waals surface area contributed by atoms with Crippen molar-refractivity contribution in [1.29, 1.82) is 0 Å². The Hall–Kier alpha value is -3.94. The quantitative estimate of drug-likeness (QED) is 0.583. The molecular weight excluding hydrogens is 420 g/mol. The van der Waals surface area contributed by atoms with Crippen LogP contribution in [0.4, 0.5) is 11.4 Å². The third-order valence-corrected chi connectivity index (χ3v) is 5.75. The average Bonchev–Trinajstić information content (AvgIpc) is 3.29. The van der Waals surface area contributed by atoms with Gasteiger partial charge in [-0.25, -0.2) is 0 Å². The molecular formula is C25H24N4O4. The van der Waals surface area contributed by atoms with Crippen molar-refractivity contribution in [3.8, 4) is 0 Å². The number of Topliss-reactive ketones (excluding diaryl/α,β-unsaturated/α-hetero) is 2. The van der Waals surface area contributed by atoms with Crippen molar-refractivity contribution in [2.45, 2.75) is 33.1 Å². The lowest BCUT2D eigenvalue weighted by atomic mass is 9.91. The van der Waals surface area contributed by atoms with Crippen LogP contribution in [0.15, 0.2) is 70.9 Å². The van der Waals surface area contributed by atoms with Gasteiger partial charge in [-0.3, -0.25) is 19.2 Å². The van der Waals surface area contributed by atoms with Crippen LogP contribution in [-0.4, -0.2) is 34.8 Å². The number of hydrogen-bond acceptors (Lipinski definition) is 6. The van der Waals surface area contributed by atoms with Crippen LogP contribution in [0.3, 0.4) is 0 Å². The lowest BCUT2D eigenvalue weighted by Gasteiger charge is -2.14. The summed E-state index contributed by atoms with van der Waals surface area (Å²) in [6, 6.07) is 17.9. The Labute approximate surface area is 191 Å². The van der Waals surface area contributed by atoms with E-state index in [4.69, 9.17) is 0 Å². The molecule has 0 saturated heterocycles. The largest absolute Gasteiger partial charge is 0.298 e. The van der Waals surface area contributed by atoms with E-state index < -0.39 is 11.8 Å². The maximum Gasteiger partial charge on any atom is 0.263 e. The van der Waals surface area contributed by atoms with E-state index in [9.17, 15) is 19.2 Å². The zero-order valence-corrected chi connectivity index (χ0v) is 18.5. The molecule has 2 aliphatic heterocycles. The van der Waals surface area contributed by atoms with Gasteiger partial charge in [0.15, 0.2) is 11.6 Å². The van der Waals surface area contributed by atoms with Crippen LogP contribution in [-0.2, 0) is 19.2 Å². The van der Waals surface area contributed by atoms with Crippen LogP contribution in [0.5, 0.6) is 0 Å². The lowest BCUT2D eigenvalue weighted by molar-refractivity contribution is -0.129. The second-order valence-electron chi connectivity index (χ2n) is 8.11. The number of benzene rings is 2. The highest BCUT2D eigenvalue weighted by Gasteiger charge is 2.41. The highest BCUT2D eigenvalue weighted by atomic mass is 16.2. The molecule has 0 unspecified atom stereocenters. The number of ketones is 2. The summed E-state index contributed by atoms with van der Waals surface area (Å²) in [4.78, 5) is 51.1. The van der Waals surface area contributed by atoms with E-state index in [2.05, 4.69) is 10.2 Å². The molecule has 0 N–H and O–H groups in total. The van der Waals surface area contributed by atoms with Gasteiger partial charge < -0.3 is 0 Å². The molecule has 2 atom stereocenters. The van der Waals surface area contributed by atoms with E-state index in [1.165, 1.54) is 10.0 Å². The van der Waals surface area contributed by atoms with Crippen LogP contribution in [0.2, 0.25) is 0 Å². The van der Waals surface area contributed by atoms with Gasteiger partial charge in [0.25, 0.3) is 11.8 Å². The summed E-state index contributed by atoms with van der Waals surface area (Å²) < 4.78 is 0. The Balaban J connectivity index is 1.33. The fourth-order valence-corrected chi connectivity index (χ4v) is 4.11. The predicted molar refractivity (Wildman–Crippen MR) is 125 cm³/mol. The van der Waals surface area contributed by atoms with Gasteiger partial charge in [-0.05, 0) is 44.5 Å². The molecule has 4 rings (SSSR count). The second kappa shape index (κ2) is 9.28. The van der Waals surface area contributed by atoms with E-state index in [1.54, 1.807) is 62.4 Å². The topological polar surface area (TPSA) is 99.5 Å². The van der Waals surface area contributed by atoms with Crippen LogP contribution < -0.4 is 10.0 Å². The van der Waals surface area contributed by atoms with Crippen molar-refractivity contribution in [2.24, 2.45) is 22.0 Å². The van der Waals surface area contributed by atoms with Gasteiger partial charge in [0, 0.05) is 12.8 Å². The summed E-state index contributed by atoms with van der Waals surface area (Å²) in [5, 5.41) is 11.0. The summed E-state index contributed by atoms with van der Waals surface area (Å²) in [7, 11) is 0. The fourth-order valence-electron chi connectivity index (χ4n) is 4.11. The van der Waals surface area contributed by atoms with Gasteiger partial charge in [-0.1, -0.05) is 36.4 Å². The minimum Gasteiger partial charge on any atom is -0.298 e. The molecule has 0 fully saturated rings. The average molecular weight is 444 g/mol. The van der Waals surface area contributed by atoms with Gasteiger partial charge in [0.1, 0.15) is 11.8 Å². The normalized spacial score (nSPS) is 20.2. The molecule has 8 heteroatoms. The molecule has 0 spiro atoms. The summed E-state index contributed by atoms with van der Waals surface area (Å²) in [6.07, 6.45) is 0.358. The van der Waals surface area contributed by atoms with Crippen LogP contribution in [0, 0.1) is 11.8 Å². The highest BCUT2D eigenvalue weighted by molar-refractivity contribution is 6.28. The summed E-state index contributed by atoms with van der Waals surface area (Å²) >= 11 is 0. The molecule has 0 radical (unpaired) electrons. The molecule has 2 heterocycles. The van der Waals surface area contributed by atoms with Crippen molar-refractivity contribution < 1.29 is 19.2 Å². The van der Waals surface area contributed by atoms with E-state index >= 15 is 0 Å². The standard InChI is InChI=1S/C25H24N4O4/c1-16-22(24(32)28(26-16)18-10-5-3-6-11-18)20(30)14-9-15-21(31)23-17(2)27-29(25(23)33)19-12-7-4-8-13-19/h3-8,10-13,22-23H,9,14-15H2,1-2H3/t22-,23-/m0/s1. The van der Waals surface area contributed by atoms with Crippen molar-refractivity contribution in [2.75, 3.05) is 10.0 Å². The minimum atomic E-state index is -0.940. The first-order valence-electron chi connectivity index (χ1n) is 10.8. The number of hydrazone groups is 2. The third kappa shape index (κ3) is 4.37. The molecule has 0 aliphatic carbocycles. The first kappa shape index (κ1) is 22.3. The smallest absolute Gasteiger partial charge is 0.263 e. The zero-order chi connectivity index (χ0) is 23.5. The molecule has 2 aromatic carbocycles. The van der Waals surface area contributed by atoms with Crippen molar-refractivity contribution in [3.63, 3.8) is 0 Å². The Bertz CT molecular complexity index is 1070. The SMILES string of the molecule is CC1=NN(c2ccccc2)C(=O)[C@@H]1C(=O)CCCC(=O)[C@H]1C(=O)N(c2ccccc2)N=C1C. The number of hydrogen-bond donors (Lipinski definition) is 0. The Morgan fingerprint density at radius 2 is 1.06 bits per heavy atom. The number of rotatable bonds is 8. The number of para-hydroxylation sites is 2. The van der Waals surface area contributed by atoms with Gasteiger partial charge in [0.2, 0.25) is 0 Å². The van der Waals surface area contributed by atoms with Gasteiger partial charge in [0.05, 0.1) is 22.8 Å². The van der Waals surface area contributed by atoms with Gasteiger partial charge in [-0.2, -0.15) is 20.2 Å². The maximum atomic E-state index is 12.8. The monoisotopic (exact) mass is 444 g/mol. The van der Waals surface area contributed by atoms with Gasteiger partial charge >= 0.3 is 0 Å². The minimum absolute atomic E-state index is 0.0527. The number of anilines is 2. The summed E-state index contributed by atoms with van der Waals surface area (Å²) in [5.41, 5.74) is 2.08. The number of amides is 2. The molecule has 0 aromatic heterocycles. The van der Waals surface area contributed by atoms with E-state index in [0.29, 0.717) is 22.8 Å². The van der Waals surface area contributed by atoms with E-state index in [0.717, 1.165) is 0 Å². The van der Waals surface area contributed by atoms with E-state index in [1.807, 2.05) is 12.1 Å². The van der Waals surface area contributed by atoms with Crippen molar-refractivity contribution >= 4 is 46.2 Å². The number of carbonyl (C=O) groups is 4. The van der Waals surface area contributed by atoms with Crippen LogP contribution in [0.1, 0.15) is 33.1 Å². The summed E-state index contributed by atoms with van der Waals surface area (Å²) in [6.45, 7) is 3.31. The molecule has 0 bridgehead atoms. The molecule has 168 valence electrons. The van der Waals surface area contributed by atoms with Crippen molar-refractivity contribution in [3.05, 3.63) is 60.7 Å². The Morgan fingerprint density at radius 1 is 0.697 bits per heavy atom. The summed E-state index contributed by atoms with van der Waals surface area (Å²) in [5.74, 6) is -3.20. The Morgan fingerprint density at radius 3 is 1.42 bits per heavy atom. The van der Waals surface area contributed by atoms with E-state index in [-0.39, 0.29) is 42.6 Å². The van der Waals surface area contributed by atoms with Crippen LogP contribution >= 0.6 is 0 Å². The third-order valence-electron chi connectivity index (χ3n) is 5.75. The highest BCUT2D eigenvalue weighted by Crippen LogP contribution is 2.27. The molecule has 2 amide bonds. The second-order valence-corrected chi connectivity index (χ2v) is 8.11. The molecule has 33 heavy (non-hydrogen) atoms. The molecule has 2 aliphatic rings. The zero-order valence-electron chi connectivity index (χ0n) is 18.5. The Kier molecular flexibility index (Phi) is 6.26. The predicted octanol–water partition coefficient (Wildman–Crippen LogP) is 3.37. The molecule has 8 nitrogen and oxygen atoms in total. The number of nitrogens with zero attached hydrogens (tertiary/aromatic N) is 4. The molecule has 2 aromatic rings. The first-order chi connectivity index (χ1) is 15.9.